The number of carbonyl (C=O) groups is 2. The van der Waals surface area contributed by atoms with E-state index in [-0.39, 0.29) is 23.6 Å². The van der Waals surface area contributed by atoms with Crippen LogP contribution in [0.15, 0.2) is 47.3 Å². The number of fused-ring (bicyclic) bond motifs is 2. The number of H-pyrrole nitrogens is 1. The van der Waals surface area contributed by atoms with E-state index in [0.29, 0.717) is 10.8 Å². The molecule has 3 N–H and O–H groups in total. The topological polar surface area (TPSA) is 104 Å². The van der Waals surface area contributed by atoms with Gasteiger partial charge in [-0.05, 0) is 48.4 Å². The number of rotatable bonds is 3. The van der Waals surface area contributed by atoms with Crippen molar-refractivity contribution in [3.63, 3.8) is 0 Å². The normalized spacial score (nSPS) is 13.0. The second-order valence-corrected chi connectivity index (χ2v) is 6.94. The van der Waals surface area contributed by atoms with Crippen LogP contribution in [0, 0.1) is 0 Å². The van der Waals surface area contributed by atoms with Crippen LogP contribution in [0.5, 0.6) is 0 Å². The maximum absolute atomic E-state index is 12.4. The fourth-order valence-corrected chi connectivity index (χ4v) is 3.60. The predicted octanol–water partition coefficient (Wildman–Crippen LogP) is 1.81. The van der Waals surface area contributed by atoms with Crippen LogP contribution in [0.4, 0.5) is 0 Å². The summed E-state index contributed by atoms with van der Waals surface area (Å²) in [6.07, 6.45) is 4.71. The Bertz CT molecular complexity index is 1120. The molecular formula is C21H20N4O3. The minimum absolute atomic E-state index is 0.0456. The SMILES string of the molecule is O=C(Cc1ccc2c(c1)CCCC2)NNC(=O)c1n[nH]c(=O)c2ccccc12. The van der Waals surface area contributed by atoms with Crippen molar-refractivity contribution in [3.8, 4) is 0 Å². The van der Waals surface area contributed by atoms with E-state index >= 15 is 0 Å². The molecule has 2 aromatic carbocycles. The summed E-state index contributed by atoms with van der Waals surface area (Å²) in [5, 5.41) is 6.90. The maximum atomic E-state index is 12.4. The molecule has 7 nitrogen and oxygen atoms in total. The average Bonchev–Trinajstić information content (AvgIpc) is 2.72. The van der Waals surface area contributed by atoms with Gasteiger partial charge in [-0.3, -0.25) is 25.2 Å². The molecule has 2 amide bonds. The van der Waals surface area contributed by atoms with E-state index in [0.717, 1.165) is 18.4 Å². The summed E-state index contributed by atoms with van der Waals surface area (Å²) in [5.41, 5.74) is 8.05. The van der Waals surface area contributed by atoms with E-state index in [4.69, 9.17) is 0 Å². The number of nitrogens with zero attached hydrogens (tertiary/aromatic N) is 1. The molecule has 0 fully saturated rings. The summed E-state index contributed by atoms with van der Waals surface area (Å²) >= 11 is 0. The number of nitrogens with one attached hydrogen (secondary N) is 3. The van der Waals surface area contributed by atoms with E-state index in [1.807, 2.05) is 6.07 Å². The molecule has 0 radical (unpaired) electrons. The number of hydrazine groups is 1. The Morgan fingerprint density at radius 1 is 0.964 bits per heavy atom. The lowest BCUT2D eigenvalue weighted by Crippen LogP contribution is -2.43. The third kappa shape index (κ3) is 3.64. The molecule has 0 atom stereocenters. The summed E-state index contributed by atoms with van der Waals surface area (Å²) in [7, 11) is 0. The van der Waals surface area contributed by atoms with Crippen molar-refractivity contribution in [1.29, 1.82) is 0 Å². The first-order chi connectivity index (χ1) is 13.6. The smallest absolute Gasteiger partial charge is 0.273 e. The molecule has 28 heavy (non-hydrogen) atoms. The number of benzene rings is 2. The number of amides is 2. The van der Waals surface area contributed by atoms with Crippen LogP contribution in [-0.4, -0.2) is 22.0 Å². The lowest BCUT2D eigenvalue weighted by Gasteiger charge is -2.16. The molecule has 1 aromatic heterocycles. The largest absolute Gasteiger partial charge is 0.290 e. The van der Waals surface area contributed by atoms with Crippen molar-refractivity contribution >= 4 is 22.6 Å². The molecule has 0 spiro atoms. The molecule has 4 rings (SSSR count). The van der Waals surface area contributed by atoms with E-state index in [2.05, 4.69) is 33.2 Å². The number of aromatic amines is 1. The molecule has 0 saturated carbocycles. The third-order valence-electron chi connectivity index (χ3n) is 5.00. The highest BCUT2D eigenvalue weighted by Crippen LogP contribution is 2.22. The van der Waals surface area contributed by atoms with E-state index in [1.165, 1.54) is 24.0 Å². The summed E-state index contributed by atoms with van der Waals surface area (Å²) in [6, 6.07) is 12.8. The zero-order chi connectivity index (χ0) is 19.5. The monoisotopic (exact) mass is 376 g/mol. The van der Waals surface area contributed by atoms with Crippen molar-refractivity contribution in [2.24, 2.45) is 0 Å². The maximum Gasteiger partial charge on any atom is 0.290 e. The second-order valence-electron chi connectivity index (χ2n) is 6.94. The first kappa shape index (κ1) is 17.9. The summed E-state index contributed by atoms with van der Waals surface area (Å²) in [6.45, 7) is 0. The van der Waals surface area contributed by atoms with Crippen molar-refractivity contribution in [2.75, 3.05) is 0 Å². The average molecular weight is 376 g/mol. The van der Waals surface area contributed by atoms with Gasteiger partial charge >= 0.3 is 0 Å². The number of hydrogen-bond donors (Lipinski definition) is 3. The van der Waals surface area contributed by atoms with Crippen molar-refractivity contribution < 1.29 is 9.59 Å². The zero-order valence-electron chi connectivity index (χ0n) is 15.2. The highest BCUT2D eigenvalue weighted by Gasteiger charge is 2.15. The third-order valence-corrected chi connectivity index (χ3v) is 5.00. The molecule has 0 aliphatic heterocycles. The van der Waals surface area contributed by atoms with Gasteiger partial charge in [0.05, 0.1) is 11.8 Å². The van der Waals surface area contributed by atoms with Gasteiger partial charge < -0.3 is 0 Å². The fraction of sp³-hybridized carbons (Fsp3) is 0.238. The Morgan fingerprint density at radius 3 is 2.54 bits per heavy atom. The van der Waals surface area contributed by atoms with E-state index in [1.54, 1.807) is 24.3 Å². The molecule has 7 heteroatoms. The molecular weight excluding hydrogens is 356 g/mol. The van der Waals surface area contributed by atoms with Crippen LogP contribution < -0.4 is 16.4 Å². The summed E-state index contributed by atoms with van der Waals surface area (Å²) in [4.78, 5) is 36.4. The standard InChI is InChI=1S/C21H20N4O3/c26-18(12-13-9-10-14-5-1-2-6-15(14)11-13)22-25-21(28)19-16-7-3-4-8-17(16)20(27)24-23-19/h3-4,7-11H,1-2,5-6,12H2,(H,22,26)(H,24,27)(H,25,28). The first-order valence-corrected chi connectivity index (χ1v) is 9.29. The van der Waals surface area contributed by atoms with Crippen molar-refractivity contribution in [1.82, 2.24) is 21.0 Å². The number of aromatic nitrogens is 2. The van der Waals surface area contributed by atoms with Crippen molar-refractivity contribution in [2.45, 2.75) is 32.1 Å². The molecule has 0 bridgehead atoms. The lowest BCUT2D eigenvalue weighted by atomic mass is 9.90. The van der Waals surface area contributed by atoms with Crippen LogP contribution >= 0.6 is 0 Å². The summed E-state index contributed by atoms with van der Waals surface area (Å²) in [5.74, 6) is -0.913. The highest BCUT2D eigenvalue weighted by molar-refractivity contribution is 6.05. The Balaban J connectivity index is 1.42. The van der Waals surface area contributed by atoms with Gasteiger partial charge in [-0.15, -0.1) is 0 Å². The number of aryl methyl sites for hydroxylation is 2. The lowest BCUT2D eigenvalue weighted by molar-refractivity contribution is -0.121. The Hall–Kier alpha value is -3.48. The van der Waals surface area contributed by atoms with Crippen LogP contribution in [0.3, 0.4) is 0 Å². The van der Waals surface area contributed by atoms with Gasteiger partial charge in [-0.2, -0.15) is 5.10 Å². The molecule has 1 aliphatic rings. The first-order valence-electron chi connectivity index (χ1n) is 9.29. The van der Waals surface area contributed by atoms with E-state index < -0.39 is 5.91 Å². The van der Waals surface area contributed by atoms with Crippen LogP contribution in [-0.2, 0) is 24.1 Å². The Kier molecular flexibility index (Phi) is 4.89. The van der Waals surface area contributed by atoms with Gasteiger partial charge in [0.25, 0.3) is 11.5 Å². The molecule has 0 unspecified atom stereocenters. The minimum atomic E-state index is -0.591. The van der Waals surface area contributed by atoms with Gasteiger partial charge in [0.1, 0.15) is 0 Å². The van der Waals surface area contributed by atoms with Gasteiger partial charge in [-0.25, -0.2) is 5.10 Å². The zero-order valence-corrected chi connectivity index (χ0v) is 15.2. The van der Waals surface area contributed by atoms with Gasteiger partial charge in [0.15, 0.2) is 5.69 Å². The molecule has 142 valence electrons. The molecule has 3 aromatic rings. The van der Waals surface area contributed by atoms with Crippen molar-refractivity contribution in [3.05, 3.63) is 75.2 Å². The van der Waals surface area contributed by atoms with Gasteiger partial charge in [-0.1, -0.05) is 36.4 Å². The summed E-state index contributed by atoms with van der Waals surface area (Å²) < 4.78 is 0. The van der Waals surface area contributed by atoms with Gasteiger partial charge in [0, 0.05) is 5.39 Å². The highest BCUT2D eigenvalue weighted by atomic mass is 16.2. The predicted molar refractivity (Wildman–Crippen MR) is 105 cm³/mol. The Morgan fingerprint density at radius 2 is 1.71 bits per heavy atom. The van der Waals surface area contributed by atoms with E-state index in [9.17, 15) is 14.4 Å². The second kappa shape index (κ2) is 7.64. The Labute approximate surface area is 161 Å². The number of hydrogen-bond acceptors (Lipinski definition) is 4. The van der Waals surface area contributed by atoms with Crippen LogP contribution in [0.2, 0.25) is 0 Å². The quantitative estimate of drug-likeness (QED) is 0.607. The van der Waals surface area contributed by atoms with Crippen LogP contribution in [0.25, 0.3) is 10.8 Å². The minimum Gasteiger partial charge on any atom is -0.273 e. The molecule has 0 saturated heterocycles. The molecule has 1 aliphatic carbocycles. The fourth-order valence-electron chi connectivity index (χ4n) is 3.60. The molecule has 1 heterocycles. The van der Waals surface area contributed by atoms with Gasteiger partial charge in [0.2, 0.25) is 5.91 Å². The number of carbonyl (C=O) groups excluding carboxylic acids is 2. The van der Waals surface area contributed by atoms with Crippen LogP contribution in [0.1, 0.15) is 40.0 Å².